The van der Waals surface area contributed by atoms with Gasteiger partial charge in [-0.25, -0.2) is 0 Å². The number of quaternary nitrogens is 1. The predicted molar refractivity (Wildman–Crippen MR) is 155 cm³/mol. The standard InChI is InChI=1S/C29H60NO8P/c1-6-7-8-9-10-11-12-13-14-15-16-17-20-27(2)36-25-28(35-23-19-18-21-29(31)32)26-38-39(33,34)37-24-22-30(3,4)5/h27-28H,6-26H2,1-5H3,(H-,31,32,33,34)/t27?,28-/m1/s1. The maximum atomic E-state index is 12.2. The Hall–Kier alpha value is -0.540. The molecule has 0 aliphatic heterocycles. The maximum Gasteiger partial charge on any atom is 0.303 e. The summed E-state index contributed by atoms with van der Waals surface area (Å²) < 4.78 is 34.5. The molecule has 0 saturated carbocycles. The highest BCUT2D eigenvalue weighted by atomic mass is 31.2. The van der Waals surface area contributed by atoms with Crippen molar-refractivity contribution in [3.63, 3.8) is 0 Å². The SMILES string of the molecule is CCCCCCCCCCCCCCC(C)OC[C@H](COP(=O)([O-])OCC[N+](C)(C)C)OCCCCC(=O)O. The molecule has 0 radical (unpaired) electrons. The van der Waals surface area contributed by atoms with Crippen LogP contribution in [0.3, 0.4) is 0 Å². The quantitative estimate of drug-likeness (QED) is 0.0619. The van der Waals surface area contributed by atoms with Crippen LogP contribution in [0.2, 0.25) is 0 Å². The molecular formula is C29H60NO8P. The Morgan fingerprint density at radius 3 is 1.90 bits per heavy atom. The number of unbranched alkanes of at least 4 members (excludes halogenated alkanes) is 12. The van der Waals surface area contributed by atoms with Crippen LogP contribution in [0.15, 0.2) is 0 Å². The van der Waals surface area contributed by atoms with Gasteiger partial charge in [-0.05, 0) is 26.2 Å². The normalized spacial score (nSPS) is 15.2. The van der Waals surface area contributed by atoms with Crippen LogP contribution in [0.5, 0.6) is 0 Å². The minimum absolute atomic E-state index is 0.0334. The highest BCUT2D eigenvalue weighted by Crippen LogP contribution is 2.38. The van der Waals surface area contributed by atoms with Crippen LogP contribution < -0.4 is 4.89 Å². The molecule has 9 nitrogen and oxygen atoms in total. The number of ether oxygens (including phenoxy) is 2. The monoisotopic (exact) mass is 581 g/mol. The number of carboxylic acids is 1. The predicted octanol–water partition coefficient (Wildman–Crippen LogP) is 6.33. The molecule has 10 heteroatoms. The summed E-state index contributed by atoms with van der Waals surface area (Å²) in [5.74, 6) is -0.844. The van der Waals surface area contributed by atoms with E-state index in [9.17, 15) is 14.3 Å². The highest BCUT2D eigenvalue weighted by Gasteiger charge is 2.18. The van der Waals surface area contributed by atoms with E-state index < -0.39 is 19.9 Å². The van der Waals surface area contributed by atoms with Crippen molar-refractivity contribution in [2.24, 2.45) is 0 Å². The van der Waals surface area contributed by atoms with E-state index in [1.807, 2.05) is 28.1 Å². The van der Waals surface area contributed by atoms with Crippen LogP contribution in [-0.2, 0) is 27.9 Å². The van der Waals surface area contributed by atoms with Gasteiger partial charge in [-0.1, -0.05) is 84.0 Å². The molecule has 0 aromatic rings. The number of likely N-dealkylation sites (N-methyl/N-ethyl adjacent to an activating group) is 1. The number of phosphoric acid groups is 1. The number of rotatable bonds is 29. The van der Waals surface area contributed by atoms with Gasteiger partial charge >= 0.3 is 5.97 Å². The molecule has 0 aliphatic carbocycles. The van der Waals surface area contributed by atoms with Crippen LogP contribution in [0, 0.1) is 0 Å². The van der Waals surface area contributed by atoms with Crippen molar-refractivity contribution in [2.45, 2.75) is 129 Å². The third-order valence-electron chi connectivity index (χ3n) is 6.60. The Balaban J connectivity index is 4.22. The minimum atomic E-state index is -4.45. The lowest BCUT2D eigenvalue weighted by Gasteiger charge is -2.28. The van der Waals surface area contributed by atoms with E-state index in [2.05, 4.69) is 6.92 Å². The summed E-state index contributed by atoms with van der Waals surface area (Å²) in [7, 11) is 1.39. The summed E-state index contributed by atoms with van der Waals surface area (Å²) in [4.78, 5) is 22.9. The summed E-state index contributed by atoms with van der Waals surface area (Å²) in [6.07, 6.45) is 17.2. The van der Waals surface area contributed by atoms with E-state index in [0.29, 0.717) is 30.5 Å². The molecule has 0 heterocycles. The zero-order valence-electron chi connectivity index (χ0n) is 25.7. The third-order valence-corrected chi connectivity index (χ3v) is 7.56. The largest absolute Gasteiger partial charge is 0.756 e. The summed E-state index contributed by atoms with van der Waals surface area (Å²) >= 11 is 0. The molecule has 0 saturated heterocycles. The van der Waals surface area contributed by atoms with Gasteiger partial charge in [0.2, 0.25) is 0 Å². The summed E-state index contributed by atoms with van der Waals surface area (Å²) in [5, 5.41) is 8.79. The Morgan fingerprint density at radius 1 is 0.795 bits per heavy atom. The van der Waals surface area contributed by atoms with Crippen molar-refractivity contribution in [1.29, 1.82) is 0 Å². The number of hydrogen-bond donors (Lipinski definition) is 1. The van der Waals surface area contributed by atoms with Gasteiger partial charge in [0.1, 0.15) is 19.3 Å². The molecule has 0 rings (SSSR count). The highest BCUT2D eigenvalue weighted by molar-refractivity contribution is 7.45. The molecule has 3 atom stereocenters. The van der Waals surface area contributed by atoms with Crippen molar-refractivity contribution in [3.05, 3.63) is 0 Å². The van der Waals surface area contributed by atoms with Gasteiger partial charge < -0.3 is 33.0 Å². The number of nitrogens with zero attached hydrogens (tertiary/aromatic N) is 1. The summed E-state index contributed by atoms with van der Waals surface area (Å²) in [6, 6.07) is 0. The van der Waals surface area contributed by atoms with Gasteiger partial charge in [0.15, 0.2) is 0 Å². The van der Waals surface area contributed by atoms with Gasteiger partial charge in [0.25, 0.3) is 7.82 Å². The fourth-order valence-electron chi connectivity index (χ4n) is 4.04. The van der Waals surface area contributed by atoms with Crippen molar-refractivity contribution < 1.29 is 42.4 Å². The Labute approximate surface area is 239 Å². The van der Waals surface area contributed by atoms with Crippen molar-refractivity contribution in [3.8, 4) is 0 Å². The molecule has 0 spiro atoms. The van der Waals surface area contributed by atoms with Gasteiger partial charge in [0, 0.05) is 13.0 Å². The zero-order valence-corrected chi connectivity index (χ0v) is 26.6. The molecule has 0 fully saturated rings. The van der Waals surface area contributed by atoms with Crippen molar-refractivity contribution >= 4 is 13.8 Å². The molecule has 234 valence electrons. The van der Waals surface area contributed by atoms with E-state index in [1.54, 1.807) is 0 Å². The number of carboxylic acid groups (broad SMARTS) is 1. The van der Waals surface area contributed by atoms with Crippen LogP contribution >= 0.6 is 7.82 Å². The molecular weight excluding hydrogens is 521 g/mol. The lowest BCUT2D eigenvalue weighted by atomic mass is 10.0. The first-order valence-electron chi connectivity index (χ1n) is 15.3. The fourth-order valence-corrected chi connectivity index (χ4v) is 4.77. The van der Waals surface area contributed by atoms with E-state index in [1.165, 1.54) is 70.6 Å². The Bertz CT molecular complexity index is 629. The lowest BCUT2D eigenvalue weighted by Crippen LogP contribution is -2.37. The van der Waals surface area contributed by atoms with Crippen LogP contribution in [-0.4, -0.2) is 81.9 Å². The first kappa shape index (κ1) is 38.5. The van der Waals surface area contributed by atoms with Crippen molar-refractivity contribution in [2.75, 3.05) is 54.1 Å². The number of phosphoric ester groups is 1. The van der Waals surface area contributed by atoms with Crippen LogP contribution in [0.4, 0.5) is 0 Å². The van der Waals surface area contributed by atoms with Gasteiger partial charge in [-0.2, -0.15) is 0 Å². The maximum absolute atomic E-state index is 12.2. The smallest absolute Gasteiger partial charge is 0.303 e. The van der Waals surface area contributed by atoms with Gasteiger partial charge in [0.05, 0.1) is 40.5 Å². The summed E-state index contributed by atoms with van der Waals surface area (Å²) in [5.41, 5.74) is 0. The molecule has 2 unspecified atom stereocenters. The molecule has 0 aromatic heterocycles. The fraction of sp³-hybridized carbons (Fsp3) is 0.966. The summed E-state index contributed by atoms with van der Waals surface area (Å²) in [6.45, 7) is 5.16. The van der Waals surface area contributed by atoms with E-state index in [4.69, 9.17) is 23.6 Å². The molecule has 0 bridgehead atoms. The molecule has 0 aliphatic rings. The molecule has 0 aromatic carbocycles. The van der Waals surface area contributed by atoms with Crippen LogP contribution in [0.1, 0.15) is 117 Å². The lowest BCUT2D eigenvalue weighted by molar-refractivity contribution is -0.870. The van der Waals surface area contributed by atoms with E-state index >= 15 is 0 Å². The van der Waals surface area contributed by atoms with Gasteiger partial charge in [-0.15, -0.1) is 0 Å². The molecule has 0 amide bonds. The number of hydrogen-bond acceptors (Lipinski definition) is 7. The Kier molecular flexibility index (Phi) is 23.8. The van der Waals surface area contributed by atoms with Gasteiger partial charge in [-0.3, -0.25) is 9.36 Å². The third kappa shape index (κ3) is 28.8. The number of carbonyl (C=O) groups is 1. The first-order valence-corrected chi connectivity index (χ1v) is 16.8. The molecule has 1 N–H and O–H groups in total. The van der Waals surface area contributed by atoms with Crippen molar-refractivity contribution in [1.82, 2.24) is 0 Å². The zero-order chi connectivity index (χ0) is 29.4. The second-order valence-electron chi connectivity index (χ2n) is 11.8. The number of aliphatic carboxylic acids is 1. The first-order chi connectivity index (χ1) is 18.4. The van der Waals surface area contributed by atoms with E-state index in [-0.39, 0.29) is 32.3 Å². The van der Waals surface area contributed by atoms with Crippen LogP contribution in [0.25, 0.3) is 0 Å². The minimum Gasteiger partial charge on any atom is -0.756 e. The average Bonchev–Trinajstić information content (AvgIpc) is 2.84. The average molecular weight is 582 g/mol. The Morgan fingerprint density at radius 2 is 1.36 bits per heavy atom. The second-order valence-corrected chi connectivity index (χ2v) is 13.2. The molecule has 39 heavy (non-hydrogen) atoms. The van der Waals surface area contributed by atoms with E-state index in [0.717, 1.165) is 12.8 Å². The second kappa shape index (κ2) is 24.1. The topological polar surface area (TPSA) is 114 Å².